The Labute approximate surface area is 103 Å². The molecule has 0 N–H and O–H groups in total. The van der Waals surface area contributed by atoms with E-state index in [0.29, 0.717) is 0 Å². The Morgan fingerprint density at radius 1 is 1.25 bits per heavy atom. The van der Waals surface area contributed by atoms with Crippen LogP contribution in [0.3, 0.4) is 0 Å². The van der Waals surface area contributed by atoms with E-state index in [1.807, 2.05) is 17.4 Å². The van der Waals surface area contributed by atoms with Gasteiger partial charge in [0.05, 0.1) is 0 Å². The lowest BCUT2D eigenvalue weighted by atomic mass is 10.2. The van der Waals surface area contributed by atoms with Crippen LogP contribution in [0.15, 0.2) is 24.3 Å². The first-order valence-electron chi connectivity index (χ1n) is 5.37. The van der Waals surface area contributed by atoms with Crippen LogP contribution in [0, 0.1) is 0 Å². The van der Waals surface area contributed by atoms with Gasteiger partial charge >= 0.3 is 0 Å². The molecule has 3 heteroatoms. The maximum Gasteiger partial charge on any atom is 0.103 e. The minimum Gasteiger partial charge on any atom is -0.335 e. The molecule has 0 amide bonds. The Kier molecular flexibility index (Phi) is 2.23. The molecular formula is C13H12ClNS. The van der Waals surface area contributed by atoms with Crippen molar-refractivity contribution in [1.29, 1.82) is 0 Å². The van der Waals surface area contributed by atoms with Crippen molar-refractivity contribution in [1.82, 2.24) is 4.57 Å². The number of rotatable bonds is 1. The summed E-state index contributed by atoms with van der Waals surface area (Å²) in [5.41, 5.74) is 1.26. The van der Waals surface area contributed by atoms with E-state index in [0.717, 1.165) is 11.4 Å². The Bertz CT molecular complexity index is 678. The SMILES string of the molecule is CCc1cc2c3cc(Cl)ccc3n(C)c2s1. The molecule has 16 heavy (non-hydrogen) atoms. The van der Waals surface area contributed by atoms with Crippen molar-refractivity contribution in [3.8, 4) is 0 Å². The van der Waals surface area contributed by atoms with Crippen molar-refractivity contribution in [2.75, 3.05) is 0 Å². The summed E-state index contributed by atoms with van der Waals surface area (Å²) in [6.45, 7) is 2.19. The van der Waals surface area contributed by atoms with Gasteiger partial charge in [-0.05, 0) is 30.7 Å². The zero-order valence-electron chi connectivity index (χ0n) is 9.25. The van der Waals surface area contributed by atoms with Crippen LogP contribution in [-0.4, -0.2) is 4.57 Å². The molecule has 0 spiro atoms. The molecule has 0 radical (unpaired) electrons. The van der Waals surface area contributed by atoms with Gasteiger partial charge < -0.3 is 4.57 Å². The van der Waals surface area contributed by atoms with Gasteiger partial charge in [0.15, 0.2) is 0 Å². The summed E-state index contributed by atoms with van der Waals surface area (Å²) in [5, 5.41) is 3.41. The van der Waals surface area contributed by atoms with Crippen molar-refractivity contribution in [2.24, 2.45) is 7.05 Å². The third-order valence-corrected chi connectivity index (χ3v) is 4.62. The third kappa shape index (κ3) is 1.30. The molecule has 1 aromatic carbocycles. The molecule has 0 aliphatic heterocycles. The molecule has 0 saturated heterocycles. The van der Waals surface area contributed by atoms with E-state index in [1.165, 1.54) is 26.0 Å². The van der Waals surface area contributed by atoms with Crippen molar-refractivity contribution < 1.29 is 0 Å². The zero-order valence-corrected chi connectivity index (χ0v) is 10.8. The Morgan fingerprint density at radius 2 is 2.06 bits per heavy atom. The van der Waals surface area contributed by atoms with Crippen LogP contribution < -0.4 is 0 Å². The van der Waals surface area contributed by atoms with Crippen LogP contribution in [0.2, 0.25) is 5.02 Å². The minimum absolute atomic E-state index is 0.809. The van der Waals surface area contributed by atoms with Gasteiger partial charge in [-0.2, -0.15) is 0 Å². The highest BCUT2D eigenvalue weighted by Gasteiger charge is 2.11. The molecule has 0 unspecified atom stereocenters. The molecular weight excluding hydrogens is 238 g/mol. The minimum atomic E-state index is 0.809. The highest BCUT2D eigenvalue weighted by molar-refractivity contribution is 7.19. The number of aromatic nitrogens is 1. The maximum absolute atomic E-state index is 6.06. The van der Waals surface area contributed by atoms with E-state index < -0.39 is 0 Å². The molecule has 3 aromatic rings. The highest BCUT2D eigenvalue weighted by atomic mass is 35.5. The second kappa shape index (κ2) is 3.51. The van der Waals surface area contributed by atoms with Gasteiger partial charge in [0.1, 0.15) is 4.83 Å². The van der Waals surface area contributed by atoms with Crippen LogP contribution in [0.1, 0.15) is 11.8 Å². The summed E-state index contributed by atoms with van der Waals surface area (Å²) in [6, 6.07) is 8.40. The summed E-state index contributed by atoms with van der Waals surface area (Å²) >= 11 is 7.94. The van der Waals surface area contributed by atoms with Crippen LogP contribution in [-0.2, 0) is 13.5 Å². The normalized spacial score (nSPS) is 11.7. The van der Waals surface area contributed by atoms with Gasteiger partial charge in [-0.1, -0.05) is 18.5 Å². The molecule has 1 nitrogen and oxygen atoms in total. The third-order valence-electron chi connectivity index (χ3n) is 3.03. The van der Waals surface area contributed by atoms with E-state index in [-0.39, 0.29) is 0 Å². The first kappa shape index (κ1) is 10.2. The number of hydrogen-bond donors (Lipinski definition) is 0. The molecule has 0 fully saturated rings. The summed E-state index contributed by atoms with van der Waals surface area (Å²) in [5.74, 6) is 0. The molecule has 82 valence electrons. The summed E-state index contributed by atoms with van der Waals surface area (Å²) in [4.78, 5) is 2.77. The second-order valence-corrected chi connectivity index (χ2v) is 5.56. The fourth-order valence-electron chi connectivity index (χ4n) is 2.17. The molecule has 0 saturated carbocycles. The van der Waals surface area contributed by atoms with Gasteiger partial charge in [-0.15, -0.1) is 11.3 Å². The number of nitrogens with zero attached hydrogens (tertiary/aromatic N) is 1. The van der Waals surface area contributed by atoms with Crippen LogP contribution in [0.5, 0.6) is 0 Å². The van der Waals surface area contributed by atoms with E-state index in [2.05, 4.69) is 36.7 Å². The Morgan fingerprint density at radius 3 is 2.81 bits per heavy atom. The number of thiophene rings is 1. The van der Waals surface area contributed by atoms with E-state index >= 15 is 0 Å². The van der Waals surface area contributed by atoms with Gasteiger partial charge in [-0.25, -0.2) is 0 Å². The average molecular weight is 250 g/mol. The first-order chi connectivity index (χ1) is 7.70. The molecule has 2 aromatic heterocycles. The Balaban J connectivity index is 2.49. The average Bonchev–Trinajstić information content (AvgIpc) is 2.80. The smallest absolute Gasteiger partial charge is 0.103 e. The number of fused-ring (bicyclic) bond motifs is 3. The van der Waals surface area contributed by atoms with Crippen LogP contribution in [0.25, 0.3) is 21.1 Å². The lowest BCUT2D eigenvalue weighted by Gasteiger charge is -1.97. The summed E-state index contributed by atoms with van der Waals surface area (Å²) in [6.07, 6.45) is 1.10. The van der Waals surface area contributed by atoms with E-state index in [9.17, 15) is 0 Å². The highest BCUT2D eigenvalue weighted by Crippen LogP contribution is 2.35. The second-order valence-electron chi connectivity index (χ2n) is 4.01. The number of aryl methyl sites for hydroxylation is 2. The number of benzene rings is 1. The standard InChI is InChI=1S/C13H12ClNS/c1-3-9-7-11-10-6-8(14)4-5-12(10)15(2)13(11)16-9/h4-7H,3H2,1-2H3. The predicted octanol–water partition coefficient (Wildman–Crippen LogP) is 4.61. The van der Waals surface area contributed by atoms with Gasteiger partial charge in [-0.3, -0.25) is 0 Å². The lowest BCUT2D eigenvalue weighted by molar-refractivity contribution is 1.02. The fourth-order valence-corrected chi connectivity index (χ4v) is 3.43. The van der Waals surface area contributed by atoms with Gasteiger partial charge in [0, 0.05) is 33.2 Å². The predicted molar refractivity (Wildman–Crippen MR) is 72.7 cm³/mol. The maximum atomic E-state index is 6.06. The van der Waals surface area contributed by atoms with Crippen LogP contribution in [0.4, 0.5) is 0 Å². The fraction of sp³-hybridized carbons (Fsp3) is 0.231. The van der Waals surface area contributed by atoms with Gasteiger partial charge in [0.25, 0.3) is 0 Å². The monoisotopic (exact) mass is 249 g/mol. The molecule has 0 aliphatic rings. The molecule has 0 aliphatic carbocycles. The van der Waals surface area contributed by atoms with Crippen molar-refractivity contribution in [3.63, 3.8) is 0 Å². The topological polar surface area (TPSA) is 4.93 Å². The largest absolute Gasteiger partial charge is 0.335 e. The molecule has 2 heterocycles. The number of hydrogen-bond acceptors (Lipinski definition) is 1. The quantitative estimate of drug-likeness (QED) is 0.594. The molecule has 0 bridgehead atoms. The Hall–Kier alpha value is -0.990. The van der Waals surface area contributed by atoms with E-state index in [4.69, 9.17) is 11.6 Å². The zero-order chi connectivity index (χ0) is 11.3. The molecule has 3 rings (SSSR count). The molecule has 0 atom stereocenters. The van der Waals surface area contributed by atoms with Crippen molar-refractivity contribution in [2.45, 2.75) is 13.3 Å². The van der Waals surface area contributed by atoms with Gasteiger partial charge in [0.2, 0.25) is 0 Å². The summed E-state index contributed by atoms with van der Waals surface area (Å²) in [7, 11) is 2.12. The van der Waals surface area contributed by atoms with Crippen LogP contribution >= 0.6 is 22.9 Å². The lowest BCUT2D eigenvalue weighted by Crippen LogP contribution is -1.83. The summed E-state index contributed by atoms with van der Waals surface area (Å²) < 4.78 is 2.25. The first-order valence-corrected chi connectivity index (χ1v) is 6.56. The number of halogens is 1. The van der Waals surface area contributed by atoms with Crippen molar-refractivity contribution >= 4 is 44.1 Å². The van der Waals surface area contributed by atoms with E-state index in [1.54, 1.807) is 0 Å². The van der Waals surface area contributed by atoms with Crippen molar-refractivity contribution in [3.05, 3.63) is 34.2 Å².